The lowest BCUT2D eigenvalue weighted by molar-refractivity contribution is 0.579. The largest absolute Gasteiger partial charge is 0.303 e. The Morgan fingerprint density at radius 1 is 1.35 bits per heavy atom. The molecule has 1 unspecified atom stereocenters. The molecule has 3 nitrogen and oxygen atoms in total. The van der Waals surface area contributed by atoms with Gasteiger partial charge in [0.25, 0.3) is 0 Å². The van der Waals surface area contributed by atoms with E-state index in [9.17, 15) is 0 Å². The van der Waals surface area contributed by atoms with Crippen LogP contribution in [-0.4, -0.2) is 16.5 Å². The van der Waals surface area contributed by atoms with Crippen molar-refractivity contribution in [3.63, 3.8) is 0 Å². The van der Waals surface area contributed by atoms with Crippen LogP contribution in [0.3, 0.4) is 0 Å². The number of halogens is 1. The molecule has 0 bridgehead atoms. The molecule has 0 saturated heterocycles. The molecule has 0 aromatic carbocycles. The van der Waals surface area contributed by atoms with E-state index in [0.29, 0.717) is 0 Å². The Hall–Kier alpha value is -0.970. The molecule has 2 heterocycles. The number of hydrogen-bond donors (Lipinski definition) is 1. The van der Waals surface area contributed by atoms with Crippen molar-refractivity contribution in [3.05, 3.63) is 45.6 Å². The summed E-state index contributed by atoms with van der Waals surface area (Å²) in [5.74, 6) is 0.791. The van der Waals surface area contributed by atoms with Crippen molar-refractivity contribution in [1.29, 1.82) is 0 Å². The zero-order chi connectivity index (χ0) is 12.1. The monoisotopic (exact) mass is 267 g/mol. The van der Waals surface area contributed by atoms with Gasteiger partial charge in [0.2, 0.25) is 0 Å². The van der Waals surface area contributed by atoms with Crippen molar-refractivity contribution < 1.29 is 0 Å². The normalized spacial score (nSPS) is 12.6. The van der Waals surface area contributed by atoms with Gasteiger partial charge in [-0.05, 0) is 31.2 Å². The second kappa shape index (κ2) is 6.10. The van der Waals surface area contributed by atoms with E-state index in [1.807, 2.05) is 18.2 Å². The van der Waals surface area contributed by atoms with E-state index >= 15 is 0 Å². The minimum atomic E-state index is 0.0358. The first kappa shape index (κ1) is 12.5. The Labute approximate surface area is 110 Å². The van der Waals surface area contributed by atoms with E-state index in [2.05, 4.69) is 22.2 Å². The summed E-state index contributed by atoms with van der Waals surface area (Å²) in [4.78, 5) is 9.76. The number of nitrogens with zero attached hydrogens (tertiary/aromatic N) is 2. The molecule has 5 heteroatoms. The summed E-state index contributed by atoms with van der Waals surface area (Å²) in [5.41, 5.74) is 0. The van der Waals surface area contributed by atoms with Crippen LogP contribution in [-0.2, 0) is 0 Å². The van der Waals surface area contributed by atoms with Crippen molar-refractivity contribution in [3.8, 4) is 0 Å². The van der Waals surface area contributed by atoms with Gasteiger partial charge in [-0.1, -0.05) is 18.5 Å². The molecular weight excluding hydrogens is 254 g/mol. The molecule has 0 spiro atoms. The first-order valence-electron chi connectivity index (χ1n) is 5.56. The topological polar surface area (TPSA) is 37.8 Å². The molecule has 1 N–H and O–H groups in total. The second-order valence-corrected chi connectivity index (χ2v) is 5.38. The minimum absolute atomic E-state index is 0.0358. The average molecular weight is 268 g/mol. The summed E-state index contributed by atoms with van der Waals surface area (Å²) in [6, 6.07) is 5.79. The van der Waals surface area contributed by atoms with Crippen molar-refractivity contribution in [2.24, 2.45) is 0 Å². The molecule has 17 heavy (non-hydrogen) atoms. The number of thiophene rings is 1. The Morgan fingerprint density at radius 2 is 2.12 bits per heavy atom. The van der Waals surface area contributed by atoms with Gasteiger partial charge in [-0.25, -0.2) is 9.97 Å². The van der Waals surface area contributed by atoms with E-state index in [0.717, 1.165) is 28.0 Å². The molecule has 0 fully saturated rings. The highest BCUT2D eigenvalue weighted by Crippen LogP contribution is 2.29. The molecule has 0 aliphatic carbocycles. The van der Waals surface area contributed by atoms with Crippen LogP contribution in [0, 0.1) is 0 Å². The number of nitrogens with one attached hydrogen (secondary N) is 1. The van der Waals surface area contributed by atoms with Crippen LogP contribution in [0.1, 0.15) is 30.1 Å². The Kier molecular flexibility index (Phi) is 4.48. The van der Waals surface area contributed by atoms with Gasteiger partial charge in [-0.2, -0.15) is 0 Å². The highest BCUT2D eigenvalue weighted by molar-refractivity contribution is 7.16. The van der Waals surface area contributed by atoms with Gasteiger partial charge in [-0.15, -0.1) is 11.3 Å². The highest BCUT2D eigenvalue weighted by atomic mass is 35.5. The number of rotatable bonds is 5. The van der Waals surface area contributed by atoms with Gasteiger partial charge >= 0.3 is 0 Å². The SMILES string of the molecule is CCCNC(c1ncccn1)c1ccc(Cl)s1. The average Bonchev–Trinajstić information content (AvgIpc) is 2.78. The van der Waals surface area contributed by atoms with Crippen LogP contribution in [0.15, 0.2) is 30.6 Å². The fourth-order valence-corrected chi connectivity index (χ4v) is 2.69. The molecule has 0 aliphatic heterocycles. The predicted octanol–water partition coefficient (Wildman–Crippen LogP) is 3.28. The van der Waals surface area contributed by atoms with Crippen LogP contribution >= 0.6 is 22.9 Å². The van der Waals surface area contributed by atoms with Crippen LogP contribution in [0.4, 0.5) is 0 Å². The van der Waals surface area contributed by atoms with Gasteiger partial charge in [0, 0.05) is 17.3 Å². The number of hydrogen-bond acceptors (Lipinski definition) is 4. The molecule has 2 rings (SSSR count). The lowest BCUT2D eigenvalue weighted by Crippen LogP contribution is -2.24. The Bertz CT molecular complexity index is 458. The van der Waals surface area contributed by atoms with Crippen molar-refractivity contribution in [1.82, 2.24) is 15.3 Å². The summed E-state index contributed by atoms with van der Waals surface area (Å²) in [6.45, 7) is 3.07. The van der Waals surface area contributed by atoms with Crippen LogP contribution in [0.25, 0.3) is 0 Å². The minimum Gasteiger partial charge on any atom is -0.303 e. The van der Waals surface area contributed by atoms with E-state index in [1.54, 1.807) is 23.7 Å². The van der Waals surface area contributed by atoms with Crippen molar-refractivity contribution in [2.75, 3.05) is 6.54 Å². The second-order valence-electron chi connectivity index (χ2n) is 3.64. The maximum Gasteiger partial charge on any atom is 0.150 e. The molecule has 0 amide bonds. The molecule has 2 aromatic rings. The van der Waals surface area contributed by atoms with Gasteiger partial charge in [-0.3, -0.25) is 0 Å². The fourth-order valence-electron chi connectivity index (χ4n) is 1.55. The maximum absolute atomic E-state index is 5.98. The van der Waals surface area contributed by atoms with Gasteiger partial charge in [0.15, 0.2) is 0 Å². The Balaban J connectivity index is 2.25. The molecular formula is C12H14ClN3S. The first-order chi connectivity index (χ1) is 8.31. The van der Waals surface area contributed by atoms with Crippen LogP contribution in [0.5, 0.6) is 0 Å². The third-order valence-corrected chi connectivity index (χ3v) is 3.62. The molecule has 2 aromatic heterocycles. The molecule has 0 aliphatic rings. The fraction of sp³-hybridized carbons (Fsp3) is 0.333. The zero-order valence-electron chi connectivity index (χ0n) is 9.56. The summed E-state index contributed by atoms with van der Waals surface area (Å²) in [5, 5.41) is 3.44. The molecule has 0 saturated carbocycles. The van der Waals surface area contributed by atoms with Gasteiger partial charge < -0.3 is 5.32 Å². The highest BCUT2D eigenvalue weighted by Gasteiger charge is 2.17. The van der Waals surface area contributed by atoms with E-state index in [1.165, 1.54) is 0 Å². The summed E-state index contributed by atoms with van der Waals surface area (Å²) >= 11 is 7.54. The first-order valence-corrected chi connectivity index (χ1v) is 6.76. The van der Waals surface area contributed by atoms with Crippen LogP contribution in [0.2, 0.25) is 4.34 Å². The molecule has 0 radical (unpaired) electrons. The van der Waals surface area contributed by atoms with E-state index < -0.39 is 0 Å². The summed E-state index contributed by atoms with van der Waals surface area (Å²) in [6.07, 6.45) is 4.60. The standard InChI is InChI=1S/C12H14ClN3S/c1-2-6-14-11(9-4-5-10(13)17-9)12-15-7-3-8-16-12/h3-5,7-8,11,14H,2,6H2,1H3. The van der Waals surface area contributed by atoms with E-state index in [4.69, 9.17) is 11.6 Å². The predicted molar refractivity (Wildman–Crippen MR) is 71.5 cm³/mol. The third kappa shape index (κ3) is 3.25. The lowest BCUT2D eigenvalue weighted by atomic mass is 10.2. The molecule has 90 valence electrons. The molecule has 1 atom stereocenters. The number of aromatic nitrogens is 2. The third-order valence-electron chi connectivity index (χ3n) is 2.32. The van der Waals surface area contributed by atoms with E-state index in [-0.39, 0.29) is 6.04 Å². The maximum atomic E-state index is 5.98. The smallest absolute Gasteiger partial charge is 0.150 e. The van der Waals surface area contributed by atoms with Crippen LogP contribution < -0.4 is 5.32 Å². The zero-order valence-corrected chi connectivity index (χ0v) is 11.1. The van der Waals surface area contributed by atoms with Crippen molar-refractivity contribution >= 4 is 22.9 Å². The summed E-state index contributed by atoms with van der Waals surface area (Å²) in [7, 11) is 0. The summed E-state index contributed by atoms with van der Waals surface area (Å²) < 4.78 is 0.791. The van der Waals surface area contributed by atoms with Gasteiger partial charge in [0.05, 0.1) is 4.34 Å². The van der Waals surface area contributed by atoms with Crippen molar-refractivity contribution in [2.45, 2.75) is 19.4 Å². The quantitative estimate of drug-likeness (QED) is 0.903. The lowest BCUT2D eigenvalue weighted by Gasteiger charge is -2.15. The Morgan fingerprint density at radius 3 is 2.71 bits per heavy atom. The van der Waals surface area contributed by atoms with Gasteiger partial charge in [0.1, 0.15) is 11.9 Å².